The zero-order valence-electron chi connectivity index (χ0n) is 14.8. The molecule has 2 aromatic rings. The highest BCUT2D eigenvalue weighted by atomic mass is 35.5. The number of halogens is 2. The molecule has 7 heteroatoms. The molecule has 0 radical (unpaired) electrons. The van der Waals surface area contributed by atoms with Crippen molar-refractivity contribution in [1.29, 1.82) is 0 Å². The lowest BCUT2D eigenvalue weighted by molar-refractivity contribution is 0.344. The van der Waals surface area contributed by atoms with Gasteiger partial charge in [-0.3, -0.25) is 4.98 Å². The number of pyridine rings is 1. The van der Waals surface area contributed by atoms with Gasteiger partial charge in [0.2, 0.25) is 0 Å². The van der Waals surface area contributed by atoms with Crippen LogP contribution in [-0.2, 0) is 6.42 Å². The fourth-order valence-corrected chi connectivity index (χ4v) is 3.27. The first-order valence-electron chi connectivity index (χ1n) is 9.05. The summed E-state index contributed by atoms with van der Waals surface area (Å²) in [5, 5.41) is 3.49. The lowest BCUT2D eigenvalue weighted by atomic mass is 9.78. The van der Waals surface area contributed by atoms with Crippen molar-refractivity contribution in [3.63, 3.8) is 0 Å². The van der Waals surface area contributed by atoms with Gasteiger partial charge in [-0.05, 0) is 50.2 Å². The maximum absolute atomic E-state index is 5.94. The number of nitrogens with one attached hydrogen (secondary N) is 1. The Morgan fingerprint density at radius 2 is 1.92 bits per heavy atom. The first kappa shape index (κ1) is 20.9. The molecule has 0 aliphatic heterocycles. The summed E-state index contributed by atoms with van der Waals surface area (Å²) < 4.78 is 0. The Kier molecular flexibility index (Phi) is 7.62. The van der Waals surface area contributed by atoms with Crippen LogP contribution < -0.4 is 11.1 Å². The highest BCUT2D eigenvalue weighted by Crippen LogP contribution is 2.41. The van der Waals surface area contributed by atoms with Crippen molar-refractivity contribution in [2.75, 3.05) is 11.9 Å². The maximum atomic E-state index is 5.94. The molecule has 142 valence electrons. The smallest absolute Gasteiger partial charge is 0.134 e. The van der Waals surface area contributed by atoms with Crippen LogP contribution in [0.2, 0.25) is 0 Å². The summed E-state index contributed by atoms with van der Waals surface area (Å²) in [6.45, 7) is 0.916. The van der Waals surface area contributed by atoms with Crippen LogP contribution >= 0.6 is 24.8 Å². The average Bonchev–Trinajstić information content (AvgIpc) is 3.42. The summed E-state index contributed by atoms with van der Waals surface area (Å²) in [5.74, 6) is 3.11. The van der Waals surface area contributed by atoms with Crippen LogP contribution in [0.1, 0.15) is 61.0 Å². The number of aryl methyl sites for hydroxylation is 1. The van der Waals surface area contributed by atoms with E-state index in [9.17, 15) is 0 Å². The highest BCUT2D eigenvalue weighted by Gasteiger charge is 2.32. The Morgan fingerprint density at radius 3 is 2.58 bits per heavy atom. The van der Waals surface area contributed by atoms with Crippen LogP contribution in [0.3, 0.4) is 0 Å². The van der Waals surface area contributed by atoms with Gasteiger partial charge in [0.1, 0.15) is 11.6 Å². The Morgan fingerprint density at radius 1 is 1.12 bits per heavy atom. The second kappa shape index (κ2) is 9.49. The molecule has 4 rings (SSSR count). The van der Waals surface area contributed by atoms with Gasteiger partial charge in [-0.15, -0.1) is 24.8 Å². The zero-order valence-corrected chi connectivity index (χ0v) is 16.4. The van der Waals surface area contributed by atoms with E-state index >= 15 is 0 Å². The number of hydrogen-bond acceptors (Lipinski definition) is 5. The third-order valence-corrected chi connectivity index (χ3v) is 4.97. The van der Waals surface area contributed by atoms with Gasteiger partial charge in [0.05, 0.1) is 0 Å². The summed E-state index contributed by atoms with van der Waals surface area (Å²) in [7, 11) is 0. The van der Waals surface area contributed by atoms with Gasteiger partial charge in [0.15, 0.2) is 0 Å². The SMILES string of the molecule is Cl.Cl.NC1CC(c2cc(NCCCc3cccnc3)nc(C3CC3)n2)C1. The molecule has 2 fully saturated rings. The topological polar surface area (TPSA) is 76.7 Å². The average molecular weight is 396 g/mol. The number of aromatic nitrogens is 3. The van der Waals surface area contributed by atoms with E-state index in [0.29, 0.717) is 17.9 Å². The molecule has 0 saturated heterocycles. The minimum absolute atomic E-state index is 0. The quantitative estimate of drug-likeness (QED) is 0.696. The molecule has 2 aliphatic carbocycles. The molecule has 0 bridgehead atoms. The molecule has 0 unspecified atom stereocenters. The number of rotatable bonds is 7. The van der Waals surface area contributed by atoms with E-state index in [1.54, 1.807) is 0 Å². The van der Waals surface area contributed by atoms with E-state index in [2.05, 4.69) is 22.4 Å². The molecule has 0 atom stereocenters. The van der Waals surface area contributed by atoms with Gasteiger partial charge >= 0.3 is 0 Å². The molecule has 26 heavy (non-hydrogen) atoms. The fraction of sp³-hybridized carbons (Fsp3) is 0.526. The van der Waals surface area contributed by atoms with Crippen molar-refractivity contribution in [3.05, 3.63) is 47.7 Å². The summed E-state index contributed by atoms with van der Waals surface area (Å²) in [5.41, 5.74) is 8.41. The molecule has 2 saturated carbocycles. The standard InChI is InChI=1S/C19H25N5.2ClH/c20-16-9-15(10-16)17-11-18(24-19(23-17)14-5-6-14)22-8-2-4-13-3-1-7-21-12-13;;/h1,3,7,11-12,14-16H,2,4-6,8-10,20H2,(H,22,23,24);2*1H. The second-order valence-electron chi connectivity index (χ2n) is 7.13. The molecule has 0 spiro atoms. The van der Waals surface area contributed by atoms with Crippen LogP contribution in [0.5, 0.6) is 0 Å². The van der Waals surface area contributed by atoms with Gasteiger partial charge in [-0.25, -0.2) is 9.97 Å². The fourth-order valence-electron chi connectivity index (χ4n) is 3.27. The minimum atomic E-state index is 0. The van der Waals surface area contributed by atoms with Crippen LogP contribution in [-0.4, -0.2) is 27.5 Å². The van der Waals surface area contributed by atoms with Crippen molar-refractivity contribution in [3.8, 4) is 0 Å². The molecule has 2 aromatic heterocycles. The molecule has 3 N–H and O–H groups in total. The Bertz CT molecular complexity index is 688. The second-order valence-corrected chi connectivity index (χ2v) is 7.13. The Balaban J connectivity index is 0.00000121. The highest BCUT2D eigenvalue weighted by molar-refractivity contribution is 5.85. The van der Waals surface area contributed by atoms with E-state index in [-0.39, 0.29) is 24.8 Å². The first-order valence-corrected chi connectivity index (χ1v) is 9.05. The monoisotopic (exact) mass is 395 g/mol. The van der Waals surface area contributed by atoms with Gasteiger partial charge in [0, 0.05) is 48.6 Å². The zero-order chi connectivity index (χ0) is 16.4. The number of hydrogen-bond donors (Lipinski definition) is 2. The van der Waals surface area contributed by atoms with Crippen molar-refractivity contribution in [1.82, 2.24) is 15.0 Å². The van der Waals surface area contributed by atoms with E-state index in [0.717, 1.165) is 43.9 Å². The molecular weight excluding hydrogens is 369 g/mol. The lowest BCUT2D eigenvalue weighted by Gasteiger charge is -2.32. The third kappa shape index (κ3) is 5.29. The number of nitrogens with zero attached hydrogens (tertiary/aromatic N) is 3. The summed E-state index contributed by atoms with van der Waals surface area (Å²) >= 11 is 0. The summed E-state index contributed by atoms with van der Waals surface area (Å²) in [6, 6.07) is 6.60. The molecule has 0 amide bonds. The Hall–Kier alpha value is -1.43. The van der Waals surface area contributed by atoms with Crippen LogP contribution in [0.25, 0.3) is 0 Å². The summed E-state index contributed by atoms with van der Waals surface area (Å²) in [6.07, 6.45) is 10.4. The molecule has 0 aromatic carbocycles. The largest absolute Gasteiger partial charge is 0.370 e. The molecule has 2 heterocycles. The van der Waals surface area contributed by atoms with Crippen LogP contribution in [0, 0.1) is 0 Å². The predicted octanol–water partition coefficient (Wildman–Crippen LogP) is 3.84. The lowest BCUT2D eigenvalue weighted by Crippen LogP contribution is -2.35. The normalized spacial score (nSPS) is 21.1. The molecular formula is C19H27Cl2N5. The van der Waals surface area contributed by atoms with Crippen LogP contribution in [0.15, 0.2) is 30.6 Å². The van der Waals surface area contributed by atoms with E-state index < -0.39 is 0 Å². The van der Waals surface area contributed by atoms with Crippen molar-refractivity contribution >= 4 is 30.6 Å². The van der Waals surface area contributed by atoms with Gasteiger partial charge in [-0.2, -0.15) is 0 Å². The van der Waals surface area contributed by atoms with Crippen molar-refractivity contribution in [2.24, 2.45) is 5.73 Å². The predicted molar refractivity (Wildman–Crippen MR) is 110 cm³/mol. The van der Waals surface area contributed by atoms with E-state index in [4.69, 9.17) is 15.7 Å². The van der Waals surface area contributed by atoms with Crippen LogP contribution in [0.4, 0.5) is 5.82 Å². The van der Waals surface area contributed by atoms with Gasteiger partial charge in [0.25, 0.3) is 0 Å². The molecule has 2 aliphatic rings. The first-order chi connectivity index (χ1) is 11.8. The number of anilines is 1. The molecule has 5 nitrogen and oxygen atoms in total. The third-order valence-electron chi connectivity index (χ3n) is 4.97. The minimum Gasteiger partial charge on any atom is -0.370 e. The van der Waals surface area contributed by atoms with Gasteiger partial charge < -0.3 is 11.1 Å². The van der Waals surface area contributed by atoms with E-state index in [1.807, 2.05) is 18.5 Å². The number of nitrogens with two attached hydrogens (primary N) is 1. The maximum Gasteiger partial charge on any atom is 0.134 e. The van der Waals surface area contributed by atoms with Crippen molar-refractivity contribution in [2.45, 2.75) is 56.4 Å². The van der Waals surface area contributed by atoms with E-state index in [1.165, 1.54) is 24.1 Å². The summed E-state index contributed by atoms with van der Waals surface area (Å²) in [4.78, 5) is 13.7. The Labute approximate surface area is 167 Å². The van der Waals surface area contributed by atoms with Crippen molar-refractivity contribution < 1.29 is 0 Å². The van der Waals surface area contributed by atoms with Gasteiger partial charge in [-0.1, -0.05) is 6.07 Å².